The molecule has 0 heterocycles. The van der Waals surface area contributed by atoms with Crippen LogP contribution in [0, 0.1) is 11.6 Å². The molecule has 0 spiro atoms. The Balaban J connectivity index is 2.81. The van der Waals surface area contributed by atoms with Crippen LogP contribution in [0.1, 0.15) is 24.2 Å². The molecule has 0 aliphatic carbocycles. The summed E-state index contributed by atoms with van der Waals surface area (Å²) in [5.74, 6) is -3.07. The Kier molecular flexibility index (Phi) is 4.90. The van der Waals surface area contributed by atoms with Gasteiger partial charge in [-0.1, -0.05) is 0 Å². The summed E-state index contributed by atoms with van der Waals surface area (Å²) in [4.78, 5) is 11.9. The molecule has 0 radical (unpaired) electrons. The Morgan fingerprint density at radius 3 is 2.33 bits per heavy atom. The minimum Gasteiger partial charge on any atom is -0.398 e. The maximum Gasteiger partial charge on any atom is 0.253 e. The smallest absolute Gasteiger partial charge is 0.253 e. The lowest BCUT2D eigenvalue weighted by atomic mass is 10.1. The Labute approximate surface area is 121 Å². The number of amides is 1. The largest absolute Gasteiger partial charge is 0.398 e. The Bertz CT molecular complexity index is 660. The normalized spacial score (nSPS) is 12.2. The van der Waals surface area contributed by atoms with E-state index in [1.54, 1.807) is 13.8 Å². The SMILES string of the molecule is CC(C)(CNC(=O)c1cc(F)c(F)cc1N)NS(C)(=O)=O. The first kappa shape index (κ1) is 17.3. The summed E-state index contributed by atoms with van der Waals surface area (Å²) < 4.78 is 50.7. The van der Waals surface area contributed by atoms with E-state index in [0.717, 1.165) is 6.26 Å². The van der Waals surface area contributed by atoms with Crippen molar-refractivity contribution in [1.29, 1.82) is 0 Å². The molecule has 1 aromatic carbocycles. The Morgan fingerprint density at radius 1 is 1.29 bits per heavy atom. The molecule has 1 rings (SSSR count). The second kappa shape index (κ2) is 5.94. The predicted molar refractivity (Wildman–Crippen MR) is 75.2 cm³/mol. The van der Waals surface area contributed by atoms with E-state index >= 15 is 0 Å². The van der Waals surface area contributed by atoms with E-state index in [1.807, 2.05) is 0 Å². The van der Waals surface area contributed by atoms with E-state index < -0.39 is 33.1 Å². The molecule has 0 unspecified atom stereocenters. The summed E-state index contributed by atoms with van der Waals surface area (Å²) in [6.45, 7) is 3.06. The average molecular weight is 321 g/mol. The van der Waals surface area contributed by atoms with Gasteiger partial charge in [-0.2, -0.15) is 0 Å². The predicted octanol–water partition coefficient (Wildman–Crippen LogP) is 0.605. The van der Waals surface area contributed by atoms with Crippen LogP contribution in [0.3, 0.4) is 0 Å². The van der Waals surface area contributed by atoms with Crippen molar-refractivity contribution in [3.63, 3.8) is 0 Å². The van der Waals surface area contributed by atoms with Gasteiger partial charge in [0.25, 0.3) is 5.91 Å². The van der Waals surface area contributed by atoms with Crippen LogP contribution in [0.4, 0.5) is 14.5 Å². The number of sulfonamides is 1. The van der Waals surface area contributed by atoms with Crippen LogP contribution in [0.5, 0.6) is 0 Å². The fraction of sp³-hybridized carbons (Fsp3) is 0.417. The highest BCUT2D eigenvalue weighted by molar-refractivity contribution is 7.88. The molecule has 0 aromatic heterocycles. The number of rotatable bonds is 5. The van der Waals surface area contributed by atoms with E-state index in [1.165, 1.54) is 0 Å². The zero-order valence-electron chi connectivity index (χ0n) is 11.8. The van der Waals surface area contributed by atoms with Crippen LogP contribution in [-0.2, 0) is 10.0 Å². The topological polar surface area (TPSA) is 101 Å². The van der Waals surface area contributed by atoms with E-state index in [9.17, 15) is 22.0 Å². The molecule has 0 bridgehead atoms. The third kappa shape index (κ3) is 5.27. The van der Waals surface area contributed by atoms with E-state index in [-0.39, 0.29) is 17.8 Å². The minimum absolute atomic E-state index is 0.0582. The van der Waals surface area contributed by atoms with Gasteiger partial charge in [-0.05, 0) is 19.9 Å². The number of halogens is 2. The minimum atomic E-state index is -3.45. The van der Waals surface area contributed by atoms with Gasteiger partial charge >= 0.3 is 0 Å². The third-order valence-corrected chi connectivity index (χ3v) is 3.41. The highest BCUT2D eigenvalue weighted by Gasteiger charge is 2.23. The van der Waals surface area contributed by atoms with Gasteiger partial charge in [-0.25, -0.2) is 21.9 Å². The number of anilines is 1. The molecule has 6 nitrogen and oxygen atoms in total. The molecule has 9 heteroatoms. The van der Waals surface area contributed by atoms with Gasteiger partial charge in [0.15, 0.2) is 11.6 Å². The van der Waals surface area contributed by atoms with Crippen molar-refractivity contribution in [2.24, 2.45) is 0 Å². The molecule has 0 atom stereocenters. The van der Waals surface area contributed by atoms with Crippen LogP contribution >= 0.6 is 0 Å². The molecule has 4 N–H and O–H groups in total. The molecule has 1 aromatic rings. The molecule has 0 aliphatic heterocycles. The summed E-state index contributed by atoms with van der Waals surface area (Å²) >= 11 is 0. The van der Waals surface area contributed by atoms with Crippen LogP contribution in [0.25, 0.3) is 0 Å². The molecule has 0 aliphatic rings. The van der Waals surface area contributed by atoms with E-state index in [2.05, 4.69) is 10.0 Å². The van der Waals surface area contributed by atoms with E-state index in [4.69, 9.17) is 5.73 Å². The number of nitrogens with one attached hydrogen (secondary N) is 2. The molecule has 1 amide bonds. The number of nitrogen functional groups attached to an aromatic ring is 1. The molecule has 118 valence electrons. The van der Waals surface area contributed by atoms with Crippen LogP contribution in [-0.4, -0.2) is 32.7 Å². The summed E-state index contributed by atoms with van der Waals surface area (Å²) in [5.41, 5.74) is 4.08. The van der Waals surface area contributed by atoms with Crippen LogP contribution in [0.15, 0.2) is 12.1 Å². The zero-order chi connectivity index (χ0) is 16.4. The lowest BCUT2D eigenvalue weighted by molar-refractivity contribution is 0.0945. The Hall–Kier alpha value is -1.74. The second-order valence-electron chi connectivity index (χ2n) is 5.29. The van der Waals surface area contributed by atoms with Crippen molar-refractivity contribution in [2.45, 2.75) is 19.4 Å². The lowest BCUT2D eigenvalue weighted by Crippen LogP contribution is -2.51. The van der Waals surface area contributed by atoms with E-state index in [0.29, 0.717) is 12.1 Å². The summed E-state index contributed by atoms with van der Waals surface area (Å²) in [6.07, 6.45) is 0.990. The number of benzene rings is 1. The molecule has 0 saturated carbocycles. The van der Waals surface area contributed by atoms with Gasteiger partial charge < -0.3 is 11.1 Å². The summed E-state index contributed by atoms with van der Waals surface area (Å²) in [5, 5.41) is 2.41. The maximum absolute atomic E-state index is 13.1. The number of carbonyl (C=O) groups excluding carboxylic acids is 1. The summed E-state index contributed by atoms with van der Waals surface area (Å²) in [7, 11) is -3.45. The standard InChI is InChI=1S/C12H17F2N3O3S/c1-12(2,17-21(3,19)20)6-16-11(18)7-4-8(13)9(14)5-10(7)15/h4-5,17H,6,15H2,1-3H3,(H,16,18). The van der Waals surface area contributed by atoms with Gasteiger partial charge in [0.1, 0.15) is 0 Å². The number of nitrogens with two attached hydrogens (primary N) is 1. The second-order valence-corrected chi connectivity index (χ2v) is 7.04. The fourth-order valence-corrected chi connectivity index (χ4v) is 2.77. The first-order valence-corrected chi connectivity index (χ1v) is 7.82. The van der Waals surface area contributed by atoms with Gasteiger partial charge in [-0.3, -0.25) is 4.79 Å². The van der Waals surface area contributed by atoms with Crippen molar-refractivity contribution >= 4 is 21.6 Å². The van der Waals surface area contributed by atoms with Crippen LogP contribution < -0.4 is 15.8 Å². The first-order chi connectivity index (χ1) is 9.41. The lowest BCUT2D eigenvalue weighted by Gasteiger charge is -2.25. The third-order valence-electron chi connectivity index (χ3n) is 2.49. The zero-order valence-corrected chi connectivity index (χ0v) is 12.6. The van der Waals surface area contributed by atoms with Crippen LogP contribution in [0.2, 0.25) is 0 Å². The van der Waals surface area contributed by atoms with Gasteiger partial charge in [0.05, 0.1) is 11.8 Å². The summed E-state index contributed by atoms with van der Waals surface area (Å²) in [6, 6.07) is 1.40. The van der Waals surface area contributed by atoms with Crippen molar-refractivity contribution in [3.05, 3.63) is 29.3 Å². The van der Waals surface area contributed by atoms with Crippen molar-refractivity contribution in [1.82, 2.24) is 10.0 Å². The quantitative estimate of drug-likeness (QED) is 0.691. The number of carbonyl (C=O) groups is 1. The molecular formula is C12H17F2N3O3S. The maximum atomic E-state index is 13.1. The molecule has 0 saturated heterocycles. The fourth-order valence-electron chi connectivity index (χ4n) is 1.69. The Morgan fingerprint density at radius 2 is 1.81 bits per heavy atom. The number of hydrogen-bond acceptors (Lipinski definition) is 4. The molecule has 21 heavy (non-hydrogen) atoms. The monoisotopic (exact) mass is 321 g/mol. The van der Waals surface area contributed by atoms with Crippen molar-refractivity contribution < 1.29 is 22.0 Å². The first-order valence-electron chi connectivity index (χ1n) is 5.93. The van der Waals surface area contributed by atoms with Crippen molar-refractivity contribution in [3.8, 4) is 0 Å². The molecular weight excluding hydrogens is 304 g/mol. The van der Waals surface area contributed by atoms with Crippen molar-refractivity contribution in [2.75, 3.05) is 18.5 Å². The average Bonchev–Trinajstić information content (AvgIpc) is 2.28. The van der Waals surface area contributed by atoms with Gasteiger partial charge in [-0.15, -0.1) is 0 Å². The highest BCUT2D eigenvalue weighted by atomic mass is 32.2. The van der Waals surface area contributed by atoms with Gasteiger partial charge in [0, 0.05) is 23.8 Å². The highest BCUT2D eigenvalue weighted by Crippen LogP contribution is 2.17. The molecule has 0 fully saturated rings. The number of hydrogen-bond donors (Lipinski definition) is 3. The van der Waals surface area contributed by atoms with Gasteiger partial charge in [0.2, 0.25) is 10.0 Å².